The summed E-state index contributed by atoms with van der Waals surface area (Å²) in [4.78, 5) is 42.0. The van der Waals surface area contributed by atoms with Gasteiger partial charge in [0.25, 0.3) is 5.09 Å². The fourth-order valence-electron chi connectivity index (χ4n) is 3.50. The first-order valence-corrected chi connectivity index (χ1v) is 10.1. The standard InChI is InChI=1S/C16H25N3O8S/c1-8-18(15(21)26-16(2,3)4)10(7-28-8)14(20)17-9-5-24-13-11(27-19(22)23)6-25-12(9)13/h8-13H,5-7H2,1-4H3,(H,17,20)/t8?,9-,10?,11-,12?,13+/m0/s1. The molecule has 1 N–H and O–H groups in total. The molecule has 0 bridgehead atoms. The van der Waals surface area contributed by atoms with Crippen LogP contribution in [0.1, 0.15) is 27.7 Å². The van der Waals surface area contributed by atoms with Crippen molar-refractivity contribution in [1.29, 1.82) is 0 Å². The topological polar surface area (TPSA) is 129 Å². The van der Waals surface area contributed by atoms with E-state index < -0.39 is 47.2 Å². The number of fused-ring (bicyclic) bond motifs is 1. The third-order valence-corrected chi connectivity index (χ3v) is 5.90. The van der Waals surface area contributed by atoms with Gasteiger partial charge in [-0.25, -0.2) is 4.79 Å². The monoisotopic (exact) mass is 419 g/mol. The molecule has 12 heteroatoms. The predicted molar refractivity (Wildman–Crippen MR) is 97.1 cm³/mol. The van der Waals surface area contributed by atoms with Gasteiger partial charge in [0.2, 0.25) is 5.91 Å². The number of amides is 2. The molecule has 0 aromatic heterocycles. The van der Waals surface area contributed by atoms with Crippen molar-refractivity contribution < 1.29 is 33.7 Å². The second-order valence-electron chi connectivity index (χ2n) is 7.91. The average Bonchev–Trinajstić information content (AvgIpc) is 3.23. The minimum Gasteiger partial charge on any atom is -0.444 e. The van der Waals surface area contributed by atoms with Gasteiger partial charge in [-0.05, 0) is 27.7 Å². The number of hydrogen-bond donors (Lipinski definition) is 1. The maximum absolute atomic E-state index is 12.9. The van der Waals surface area contributed by atoms with E-state index in [2.05, 4.69) is 10.2 Å². The van der Waals surface area contributed by atoms with Crippen molar-refractivity contribution >= 4 is 23.8 Å². The molecule has 6 atom stereocenters. The molecule has 0 aromatic rings. The van der Waals surface area contributed by atoms with E-state index in [1.807, 2.05) is 6.92 Å². The molecule has 11 nitrogen and oxygen atoms in total. The van der Waals surface area contributed by atoms with Crippen LogP contribution in [0.2, 0.25) is 0 Å². The van der Waals surface area contributed by atoms with E-state index in [1.165, 1.54) is 16.7 Å². The van der Waals surface area contributed by atoms with Crippen LogP contribution in [0, 0.1) is 10.1 Å². The van der Waals surface area contributed by atoms with Gasteiger partial charge in [-0.3, -0.25) is 9.69 Å². The van der Waals surface area contributed by atoms with Crippen molar-refractivity contribution in [3.05, 3.63) is 10.1 Å². The molecule has 3 saturated heterocycles. The summed E-state index contributed by atoms with van der Waals surface area (Å²) in [5, 5.41) is 12.3. The van der Waals surface area contributed by atoms with Crippen molar-refractivity contribution in [1.82, 2.24) is 10.2 Å². The van der Waals surface area contributed by atoms with Gasteiger partial charge in [0.05, 0.1) is 24.6 Å². The summed E-state index contributed by atoms with van der Waals surface area (Å²) in [5.74, 6) is 0.112. The summed E-state index contributed by atoms with van der Waals surface area (Å²) in [6.45, 7) is 7.32. The summed E-state index contributed by atoms with van der Waals surface area (Å²) in [5.41, 5.74) is -0.665. The third-order valence-electron chi connectivity index (χ3n) is 4.69. The molecule has 3 fully saturated rings. The van der Waals surface area contributed by atoms with Crippen LogP contribution in [0.4, 0.5) is 4.79 Å². The largest absolute Gasteiger partial charge is 0.444 e. The summed E-state index contributed by atoms with van der Waals surface area (Å²) >= 11 is 1.49. The van der Waals surface area contributed by atoms with E-state index in [0.717, 1.165) is 0 Å². The van der Waals surface area contributed by atoms with Crippen LogP contribution in [-0.4, -0.2) is 82.3 Å². The maximum Gasteiger partial charge on any atom is 0.411 e. The molecule has 0 radical (unpaired) electrons. The van der Waals surface area contributed by atoms with Gasteiger partial charge in [-0.2, -0.15) is 0 Å². The Labute approximate surface area is 166 Å². The number of hydrogen-bond acceptors (Lipinski definition) is 9. The highest BCUT2D eigenvalue weighted by atomic mass is 32.2. The molecule has 0 aromatic carbocycles. The van der Waals surface area contributed by atoms with Crippen molar-refractivity contribution in [3.8, 4) is 0 Å². The van der Waals surface area contributed by atoms with Gasteiger partial charge in [0, 0.05) is 5.75 Å². The molecule has 28 heavy (non-hydrogen) atoms. The van der Waals surface area contributed by atoms with Crippen molar-refractivity contribution in [2.45, 2.75) is 69.1 Å². The lowest BCUT2D eigenvalue weighted by atomic mass is 10.1. The SMILES string of the molecule is CC1SCC(C(=O)N[C@H]2CO[C@H]3C2OC[C@@H]3O[N+](=O)[O-])N1C(=O)OC(C)(C)C. The van der Waals surface area contributed by atoms with Crippen LogP contribution in [0.25, 0.3) is 0 Å². The predicted octanol–water partition coefficient (Wildman–Crippen LogP) is 0.544. The Morgan fingerprint density at radius 3 is 2.57 bits per heavy atom. The molecule has 2 amide bonds. The van der Waals surface area contributed by atoms with Crippen molar-refractivity contribution in [3.63, 3.8) is 0 Å². The van der Waals surface area contributed by atoms with E-state index >= 15 is 0 Å². The Kier molecular flexibility index (Phi) is 5.92. The first-order valence-electron chi connectivity index (χ1n) is 9.04. The lowest BCUT2D eigenvalue weighted by Crippen LogP contribution is -2.54. The van der Waals surface area contributed by atoms with Gasteiger partial charge in [0.1, 0.15) is 23.9 Å². The summed E-state index contributed by atoms with van der Waals surface area (Å²) in [7, 11) is 0. The first-order chi connectivity index (χ1) is 13.1. The molecular formula is C16H25N3O8S. The van der Waals surface area contributed by atoms with E-state index in [-0.39, 0.29) is 24.5 Å². The van der Waals surface area contributed by atoms with Crippen LogP contribution >= 0.6 is 11.8 Å². The normalized spacial score (nSPS) is 34.8. The Balaban J connectivity index is 1.61. The van der Waals surface area contributed by atoms with Crippen LogP contribution < -0.4 is 5.32 Å². The minimum absolute atomic E-state index is 0.0169. The van der Waals surface area contributed by atoms with Gasteiger partial charge in [-0.1, -0.05) is 0 Å². The van der Waals surface area contributed by atoms with Gasteiger partial charge >= 0.3 is 6.09 Å². The van der Waals surface area contributed by atoms with Crippen LogP contribution in [0.3, 0.4) is 0 Å². The number of carbonyl (C=O) groups excluding carboxylic acids is 2. The zero-order chi connectivity index (χ0) is 20.6. The van der Waals surface area contributed by atoms with Crippen LogP contribution in [-0.2, 0) is 23.8 Å². The number of ether oxygens (including phenoxy) is 3. The van der Waals surface area contributed by atoms with E-state index in [0.29, 0.717) is 5.75 Å². The molecule has 3 aliphatic rings. The molecule has 3 heterocycles. The molecular weight excluding hydrogens is 394 g/mol. The molecule has 0 aliphatic carbocycles. The second-order valence-corrected chi connectivity index (χ2v) is 9.26. The fourth-order valence-corrected chi connectivity index (χ4v) is 4.67. The number of carbonyl (C=O) groups is 2. The zero-order valence-electron chi connectivity index (χ0n) is 16.2. The number of nitrogens with one attached hydrogen (secondary N) is 1. The maximum atomic E-state index is 12.9. The summed E-state index contributed by atoms with van der Waals surface area (Å²) in [6, 6.07) is -1.15. The molecule has 3 unspecified atom stereocenters. The molecule has 158 valence electrons. The number of nitrogens with zero attached hydrogens (tertiary/aromatic N) is 2. The molecule has 0 spiro atoms. The highest BCUT2D eigenvalue weighted by Gasteiger charge is 2.51. The summed E-state index contributed by atoms with van der Waals surface area (Å²) < 4.78 is 16.5. The minimum atomic E-state index is -0.873. The highest BCUT2D eigenvalue weighted by molar-refractivity contribution is 8.00. The van der Waals surface area contributed by atoms with Gasteiger partial charge in [-0.15, -0.1) is 21.9 Å². The Bertz CT molecular complexity index is 642. The smallest absolute Gasteiger partial charge is 0.411 e. The second kappa shape index (κ2) is 7.91. The average molecular weight is 419 g/mol. The number of rotatable bonds is 4. The first kappa shape index (κ1) is 20.9. The molecule has 0 saturated carbocycles. The molecule has 3 rings (SSSR count). The van der Waals surface area contributed by atoms with Gasteiger partial charge in [0.15, 0.2) is 6.10 Å². The van der Waals surface area contributed by atoms with Crippen molar-refractivity contribution in [2.75, 3.05) is 19.0 Å². The fraction of sp³-hybridized carbons (Fsp3) is 0.875. The zero-order valence-corrected chi connectivity index (χ0v) is 17.0. The molecule has 3 aliphatic heterocycles. The van der Waals surface area contributed by atoms with E-state index in [9.17, 15) is 19.7 Å². The Morgan fingerprint density at radius 2 is 1.93 bits per heavy atom. The Hall–Kier alpha value is -1.79. The van der Waals surface area contributed by atoms with Crippen LogP contribution in [0.15, 0.2) is 0 Å². The Morgan fingerprint density at radius 1 is 1.25 bits per heavy atom. The van der Waals surface area contributed by atoms with E-state index in [4.69, 9.17) is 14.2 Å². The van der Waals surface area contributed by atoms with E-state index in [1.54, 1.807) is 20.8 Å². The van der Waals surface area contributed by atoms with Crippen LogP contribution in [0.5, 0.6) is 0 Å². The quantitative estimate of drug-likeness (QED) is 0.513. The van der Waals surface area contributed by atoms with Gasteiger partial charge < -0.3 is 24.4 Å². The highest BCUT2D eigenvalue weighted by Crippen LogP contribution is 2.32. The lowest BCUT2D eigenvalue weighted by Gasteiger charge is -2.30. The van der Waals surface area contributed by atoms with Crippen molar-refractivity contribution in [2.24, 2.45) is 0 Å². The number of thioether (sulfide) groups is 1. The third kappa shape index (κ3) is 4.44. The lowest BCUT2D eigenvalue weighted by molar-refractivity contribution is -0.769. The summed E-state index contributed by atoms with van der Waals surface area (Å²) in [6.07, 6.45) is -2.51.